The Morgan fingerprint density at radius 1 is 1.38 bits per heavy atom. The second kappa shape index (κ2) is 7.70. The Labute approximate surface area is 153 Å². The van der Waals surface area contributed by atoms with Crippen molar-refractivity contribution in [3.8, 4) is 0 Å². The van der Waals surface area contributed by atoms with Gasteiger partial charge >= 0.3 is 0 Å². The third-order valence-corrected chi connectivity index (χ3v) is 5.32. The number of benzene rings is 1. The summed E-state index contributed by atoms with van der Waals surface area (Å²) in [6.07, 6.45) is 4.45. The lowest BCUT2D eigenvalue weighted by molar-refractivity contribution is -0.131. The number of hydrogen-bond acceptors (Lipinski definition) is 5. The van der Waals surface area contributed by atoms with Crippen LogP contribution in [0.4, 0.5) is 0 Å². The summed E-state index contributed by atoms with van der Waals surface area (Å²) in [5.74, 6) is 0.264. The van der Waals surface area contributed by atoms with Crippen molar-refractivity contribution in [3.63, 3.8) is 0 Å². The first kappa shape index (κ1) is 17.4. The maximum atomic E-state index is 12.5. The molecule has 1 aromatic carbocycles. The van der Waals surface area contributed by atoms with E-state index in [2.05, 4.69) is 16.4 Å². The molecule has 6 nitrogen and oxygen atoms in total. The molecule has 138 valence electrons. The van der Waals surface area contributed by atoms with Crippen LogP contribution in [0.2, 0.25) is 0 Å². The van der Waals surface area contributed by atoms with E-state index in [1.54, 1.807) is 0 Å². The monoisotopic (exact) mass is 355 g/mol. The van der Waals surface area contributed by atoms with Crippen LogP contribution in [0.5, 0.6) is 0 Å². The van der Waals surface area contributed by atoms with Gasteiger partial charge in [0.15, 0.2) is 0 Å². The Hall–Kier alpha value is -2.02. The summed E-state index contributed by atoms with van der Waals surface area (Å²) in [7, 11) is 0. The highest BCUT2D eigenvalue weighted by atomic mass is 16.7. The van der Waals surface area contributed by atoms with Crippen molar-refractivity contribution >= 4 is 16.8 Å². The minimum atomic E-state index is -0.259. The highest BCUT2D eigenvalue weighted by Gasteiger charge is 2.36. The topological polar surface area (TPSA) is 74.7 Å². The van der Waals surface area contributed by atoms with Crippen LogP contribution in [0.3, 0.4) is 0 Å². The summed E-state index contributed by atoms with van der Waals surface area (Å²) in [5, 5.41) is 15.8. The largest absolute Gasteiger partial charge is 0.393 e. The molecule has 1 aromatic heterocycles. The number of aliphatic hydroxyl groups is 1. The van der Waals surface area contributed by atoms with Gasteiger partial charge < -0.3 is 10.4 Å². The molecule has 1 aliphatic carbocycles. The van der Waals surface area contributed by atoms with E-state index in [1.807, 2.05) is 35.5 Å². The van der Waals surface area contributed by atoms with E-state index in [1.165, 1.54) is 0 Å². The molecule has 1 saturated heterocycles. The highest BCUT2D eigenvalue weighted by molar-refractivity contribution is 5.80. The Bertz CT molecular complexity index is 770. The zero-order valence-electron chi connectivity index (χ0n) is 14.8. The number of aliphatic hydroxyl groups excluding tert-OH is 1. The number of pyridine rings is 1. The normalized spacial score (nSPS) is 24.3. The molecule has 1 amide bonds. The molecule has 1 aliphatic heterocycles. The molecule has 0 unspecified atom stereocenters. The molecular weight excluding hydrogens is 330 g/mol. The molecule has 2 aliphatic rings. The second-order valence-electron chi connectivity index (χ2n) is 7.26. The molecule has 1 atom stereocenters. The number of carbonyl (C=O) groups is 1. The molecule has 4 rings (SSSR count). The smallest absolute Gasteiger partial charge is 0.221 e. The van der Waals surface area contributed by atoms with Gasteiger partial charge in [-0.25, -0.2) is 0 Å². The zero-order valence-corrected chi connectivity index (χ0v) is 14.8. The molecule has 2 heterocycles. The van der Waals surface area contributed by atoms with E-state index in [9.17, 15) is 9.90 Å². The number of aromatic nitrogens is 1. The first-order valence-corrected chi connectivity index (χ1v) is 9.39. The fraction of sp³-hybridized carbons (Fsp3) is 0.500. The first-order chi connectivity index (χ1) is 12.7. The molecule has 1 saturated carbocycles. The summed E-state index contributed by atoms with van der Waals surface area (Å²) in [6.45, 7) is 2.24. The van der Waals surface area contributed by atoms with Gasteiger partial charge in [0.25, 0.3) is 0 Å². The van der Waals surface area contributed by atoms with E-state index in [4.69, 9.17) is 4.84 Å². The van der Waals surface area contributed by atoms with Crippen LogP contribution >= 0.6 is 0 Å². The van der Waals surface area contributed by atoms with Crippen LogP contribution < -0.4 is 5.32 Å². The van der Waals surface area contributed by atoms with Gasteiger partial charge in [-0.05, 0) is 42.9 Å². The number of hydroxylamine groups is 2. The minimum Gasteiger partial charge on any atom is -0.393 e. The van der Waals surface area contributed by atoms with Gasteiger partial charge in [-0.15, -0.1) is 0 Å². The molecule has 26 heavy (non-hydrogen) atoms. The lowest BCUT2D eigenvalue weighted by atomic mass is 9.75. The fourth-order valence-electron chi connectivity index (χ4n) is 3.78. The van der Waals surface area contributed by atoms with Crippen molar-refractivity contribution in [2.75, 3.05) is 19.7 Å². The van der Waals surface area contributed by atoms with E-state index in [0.717, 1.165) is 36.0 Å². The third kappa shape index (κ3) is 3.87. The van der Waals surface area contributed by atoms with Gasteiger partial charge in [-0.3, -0.25) is 14.6 Å². The molecule has 2 fully saturated rings. The van der Waals surface area contributed by atoms with Crippen molar-refractivity contribution in [2.45, 2.75) is 37.8 Å². The van der Waals surface area contributed by atoms with Gasteiger partial charge in [-0.1, -0.05) is 18.2 Å². The predicted octanol–water partition coefficient (Wildman–Crippen LogP) is 2.19. The number of hydrogen-bond donors (Lipinski definition) is 2. The number of amides is 1. The number of nitrogens with one attached hydrogen (secondary N) is 1. The van der Waals surface area contributed by atoms with Gasteiger partial charge in [0.05, 0.1) is 24.3 Å². The van der Waals surface area contributed by atoms with Gasteiger partial charge in [0.1, 0.15) is 0 Å². The van der Waals surface area contributed by atoms with Crippen LogP contribution in [0.15, 0.2) is 36.5 Å². The van der Waals surface area contributed by atoms with Crippen molar-refractivity contribution < 1.29 is 14.7 Å². The average molecular weight is 355 g/mol. The Morgan fingerprint density at radius 3 is 3.00 bits per heavy atom. The van der Waals surface area contributed by atoms with Crippen molar-refractivity contribution in [1.29, 1.82) is 0 Å². The van der Waals surface area contributed by atoms with Crippen LogP contribution in [-0.4, -0.2) is 46.9 Å². The molecule has 2 aromatic rings. The SMILES string of the molecule is O=C(CCN1CCCO1)N[C@@H](c1cnc2ccccc2c1)C1CC(O)C1. The van der Waals surface area contributed by atoms with Gasteiger partial charge in [-0.2, -0.15) is 5.06 Å². The fourth-order valence-corrected chi connectivity index (χ4v) is 3.78. The molecule has 6 heteroatoms. The van der Waals surface area contributed by atoms with Crippen LogP contribution in [-0.2, 0) is 9.63 Å². The van der Waals surface area contributed by atoms with Crippen molar-refractivity contribution in [1.82, 2.24) is 15.4 Å². The summed E-state index contributed by atoms with van der Waals surface area (Å²) >= 11 is 0. The Morgan fingerprint density at radius 2 is 2.23 bits per heavy atom. The van der Waals surface area contributed by atoms with E-state index in [0.29, 0.717) is 25.8 Å². The number of rotatable bonds is 6. The lowest BCUT2D eigenvalue weighted by Crippen LogP contribution is -2.42. The molecule has 2 N–H and O–H groups in total. The maximum Gasteiger partial charge on any atom is 0.221 e. The third-order valence-electron chi connectivity index (χ3n) is 5.32. The number of para-hydroxylation sites is 1. The highest BCUT2D eigenvalue weighted by Crippen LogP contribution is 2.38. The van der Waals surface area contributed by atoms with E-state index in [-0.39, 0.29) is 24.0 Å². The van der Waals surface area contributed by atoms with Crippen molar-refractivity contribution in [3.05, 3.63) is 42.1 Å². The Balaban J connectivity index is 1.47. The second-order valence-corrected chi connectivity index (χ2v) is 7.26. The number of nitrogens with zero attached hydrogens (tertiary/aromatic N) is 2. The summed E-state index contributed by atoms with van der Waals surface area (Å²) in [5.41, 5.74) is 1.95. The quantitative estimate of drug-likeness (QED) is 0.831. The number of fused-ring (bicyclic) bond motifs is 1. The molecule has 0 spiro atoms. The summed E-state index contributed by atoms with van der Waals surface area (Å²) < 4.78 is 0. The van der Waals surface area contributed by atoms with Gasteiger partial charge in [0, 0.05) is 31.1 Å². The molecule has 0 bridgehead atoms. The first-order valence-electron chi connectivity index (χ1n) is 9.39. The number of carbonyl (C=O) groups excluding carboxylic acids is 1. The predicted molar refractivity (Wildman–Crippen MR) is 98.1 cm³/mol. The molecule has 0 radical (unpaired) electrons. The Kier molecular flexibility index (Phi) is 5.15. The minimum absolute atomic E-state index is 0.0139. The van der Waals surface area contributed by atoms with Crippen molar-refractivity contribution in [2.24, 2.45) is 5.92 Å². The molecular formula is C20H25N3O3. The zero-order chi connectivity index (χ0) is 17.9. The van der Waals surface area contributed by atoms with E-state index >= 15 is 0 Å². The summed E-state index contributed by atoms with van der Waals surface area (Å²) in [4.78, 5) is 22.5. The van der Waals surface area contributed by atoms with Crippen LogP contribution in [0, 0.1) is 5.92 Å². The van der Waals surface area contributed by atoms with Crippen LogP contribution in [0.25, 0.3) is 10.9 Å². The maximum absolute atomic E-state index is 12.5. The lowest BCUT2D eigenvalue weighted by Gasteiger charge is -2.38. The summed E-state index contributed by atoms with van der Waals surface area (Å²) in [6, 6.07) is 9.96. The van der Waals surface area contributed by atoms with Crippen LogP contribution in [0.1, 0.15) is 37.3 Å². The van der Waals surface area contributed by atoms with E-state index < -0.39 is 0 Å². The average Bonchev–Trinajstić information content (AvgIpc) is 3.15. The van der Waals surface area contributed by atoms with Gasteiger partial charge in [0.2, 0.25) is 5.91 Å². The standard InChI is InChI=1S/C20H25N3O3/c24-17-11-15(12-17)20(22-19(25)6-8-23-7-3-9-26-23)16-10-14-4-1-2-5-18(14)21-13-16/h1-2,4-5,10,13,15,17,20,24H,3,6-9,11-12H2,(H,22,25)/t15?,17?,20-/m1/s1.